The van der Waals surface area contributed by atoms with Gasteiger partial charge in [-0.25, -0.2) is 0 Å². The zero-order valence-corrected chi connectivity index (χ0v) is 19.0. The number of carbonyl (C=O) groups excluding carboxylic acids is 1. The average Bonchev–Trinajstić information content (AvgIpc) is 2.71. The standard InChI is InChI=1S/C25H28O8/c1-12(2)5-6-31-20-8-13(7-15-22(29)24(30)25(3,4)33-23(15)20)18-11-17(28)21-16(27)9-14(26)10-19(21)32-18/h5,7-10,18,22,24,26-27,29-30H,6,11H2,1-4H3/t18-,22-,24-/m1/s1. The highest BCUT2D eigenvalue weighted by Crippen LogP contribution is 2.48. The number of ketones is 1. The molecule has 176 valence electrons. The molecule has 2 heterocycles. The zero-order chi connectivity index (χ0) is 24.1. The molecule has 0 saturated carbocycles. The molecular formula is C25H28O8. The van der Waals surface area contributed by atoms with E-state index in [1.54, 1.807) is 26.0 Å². The van der Waals surface area contributed by atoms with E-state index in [2.05, 4.69) is 0 Å². The molecule has 0 bridgehead atoms. The molecule has 2 aromatic carbocycles. The second kappa shape index (κ2) is 8.28. The van der Waals surface area contributed by atoms with Crippen LogP contribution in [0.25, 0.3) is 0 Å². The maximum absolute atomic E-state index is 12.7. The number of rotatable bonds is 4. The first-order valence-corrected chi connectivity index (χ1v) is 10.7. The van der Waals surface area contributed by atoms with Crippen LogP contribution in [0.4, 0.5) is 0 Å². The van der Waals surface area contributed by atoms with Gasteiger partial charge in [0.1, 0.15) is 53.3 Å². The van der Waals surface area contributed by atoms with Gasteiger partial charge in [0, 0.05) is 17.7 Å². The molecule has 8 heteroatoms. The van der Waals surface area contributed by atoms with E-state index in [0.29, 0.717) is 22.6 Å². The Morgan fingerprint density at radius 2 is 1.91 bits per heavy atom. The molecule has 4 rings (SSSR count). The van der Waals surface area contributed by atoms with Crippen molar-refractivity contribution in [2.75, 3.05) is 6.61 Å². The SMILES string of the molecule is CC(C)=CCOc1cc([C@H]2CC(=O)c3c(O)cc(O)cc3O2)cc2c1OC(C)(C)[C@H](O)[C@@H]2O. The van der Waals surface area contributed by atoms with Gasteiger partial charge >= 0.3 is 0 Å². The van der Waals surface area contributed by atoms with Gasteiger partial charge in [0.05, 0.1) is 6.42 Å². The van der Waals surface area contributed by atoms with Crippen molar-refractivity contribution >= 4 is 5.78 Å². The summed E-state index contributed by atoms with van der Waals surface area (Å²) < 4.78 is 17.9. The number of carbonyl (C=O) groups is 1. The summed E-state index contributed by atoms with van der Waals surface area (Å²) in [5.41, 5.74) is 0.884. The summed E-state index contributed by atoms with van der Waals surface area (Å²) in [5.74, 6) is -0.192. The van der Waals surface area contributed by atoms with Crippen molar-refractivity contribution in [2.45, 2.75) is 58.0 Å². The van der Waals surface area contributed by atoms with Crippen molar-refractivity contribution < 1.29 is 39.4 Å². The van der Waals surface area contributed by atoms with Crippen LogP contribution in [0.5, 0.6) is 28.7 Å². The number of hydrogen-bond donors (Lipinski definition) is 4. The number of ether oxygens (including phenoxy) is 3. The first kappa shape index (κ1) is 22.9. The summed E-state index contributed by atoms with van der Waals surface area (Å²) >= 11 is 0. The molecule has 2 aliphatic rings. The molecular weight excluding hydrogens is 428 g/mol. The van der Waals surface area contributed by atoms with Crippen LogP contribution < -0.4 is 14.2 Å². The topological polar surface area (TPSA) is 126 Å². The van der Waals surface area contributed by atoms with E-state index >= 15 is 0 Å². The van der Waals surface area contributed by atoms with E-state index in [9.17, 15) is 25.2 Å². The van der Waals surface area contributed by atoms with Crippen LogP contribution in [-0.2, 0) is 0 Å². The van der Waals surface area contributed by atoms with E-state index in [0.717, 1.165) is 11.6 Å². The van der Waals surface area contributed by atoms with Crippen molar-refractivity contribution in [3.8, 4) is 28.7 Å². The maximum atomic E-state index is 12.7. The van der Waals surface area contributed by atoms with E-state index in [1.165, 1.54) is 6.07 Å². The van der Waals surface area contributed by atoms with Gasteiger partial charge in [-0.2, -0.15) is 0 Å². The Morgan fingerprint density at radius 1 is 1.18 bits per heavy atom. The monoisotopic (exact) mass is 456 g/mol. The highest BCUT2D eigenvalue weighted by molar-refractivity contribution is 6.02. The molecule has 4 N–H and O–H groups in total. The molecule has 2 aromatic rings. The molecule has 0 aromatic heterocycles. The largest absolute Gasteiger partial charge is 0.508 e. The Labute approximate surface area is 191 Å². The number of aliphatic hydroxyl groups is 2. The molecule has 0 radical (unpaired) electrons. The Kier molecular flexibility index (Phi) is 5.76. The lowest BCUT2D eigenvalue weighted by Crippen LogP contribution is -2.48. The number of aromatic hydroxyl groups is 2. The third kappa shape index (κ3) is 4.24. The van der Waals surface area contributed by atoms with Crippen LogP contribution in [0.1, 0.15) is 67.8 Å². The van der Waals surface area contributed by atoms with Gasteiger partial charge in [0.25, 0.3) is 0 Å². The maximum Gasteiger partial charge on any atom is 0.174 e. The van der Waals surface area contributed by atoms with Gasteiger partial charge < -0.3 is 34.6 Å². The lowest BCUT2D eigenvalue weighted by molar-refractivity contribution is -0.112. The molecule has 33 heavy (non-hydrogen) atoms. The number of phenolic OH excluding ortho intramolecular Hbond substituents is 2. The fourth-order valence-electron chi connectivity index (χ4n) is 4.05. The minimum Gasteiger partial charge on any atom is -0.508 e. The number of fused-ring (bicyclic) bond motifs is 2. The number of phenols is 2. The molecule has 8 nitrogen and oxygen atoms in total. The minimum absolute atomic E-state index is 0.0163. The van der Waals surface area contributed by atoms with Crippen LogP contribution >= 0.6 is 0 Å². The average molecular weight is 456 g/mol. The van der Waals surface area contributed by atoms with Gasteiger partial charge in [-0.05, 0) is 51.5 Å². The smallest absolute Gasteiger partial charge is 0.174 e. The van der Waals surface area contributed by atoms with Crippen LogP contribution in [0, 0.1) is 0 Å². The molecule has 0 fully saturated rings. The predicted molar refractivity (Wildman–Crippen MR) is 119 cm³/mol. The lowest BCUT2D eigenvalue weighted by Gasteiger charge is -2.41. The summed E-state index contributed by atoms with van der Waals surface area (Å²) in [5, 5.41) is 41.3. The third-order valence-corrected chi connectivity index (χ3v) is 5.89. The van der Waals surface area contributed by atoms with Gasteiger partial charge in [0.15, 0.2) is 17.3 Å². The number of hydrogen-bond acceptors (Lipinski definition) is 8. The second-order valence-corrected chi connectivity index (χ2v) is 9.20. The van der Waals surface area contributed by atoms with Crippen LogP contribution in [0.2, 0.25) is 0 Å². The molecule has 0 unspecified atom stereocenters. The summed E-state index contributed by atoms with van der Waals surface area (Å²) in [7, 11) is 0. The van der Waals surface area contributed by atoms with Crippen LogP contribution in [-0.4, -0.2) is 44.5 Å². The molecule has 0 saturated heterocycles. The van der Waals surface area contributed by atoms with Crippen LogP contribution in [0.15, 0.2) is 35.9 Å². The van der Waals surface area contributed by atoms with Gasteiger partial charge in [0.2, 0.25) is 0 Å². The van der Waals surface area contributed by atoms with E-state index in [4.69, 9.17) is 14.2 Å². The highest BCUT2D eigenvalue weighted by atomic mass is 16.5. The molecule has 0 aliphatic carbocycles. The summed E-state index contributed by atoms with van der Waals surface area (Å²) in [6, 6.07) is 5.67. The first-order chi connectivity index (χ1) is 15.5. The van der Waals surface area contributed by atoms with Crippen LogP contribution in [0.3, 0.4) is 0 Å². The van der Waals surface area contributed by atoms with Crippen molar-refractivity contribution in [1.29, 1.82) is 0 Å². The Hall–Kier alpha value is -3.23. The first-order valence-electron chi connectivity index (χ1n) is 10.7. The van der Waals surface area contributed by atoms with Crippen molar-refractivity contribution in [2.24, 2.45) is 0 Å². The normalized spacial score (nSPS) is 23.0. The number of aliphatic hydroxyl groups excluding tert-OH is 2. The number of benzene rings is 2. The predicted octanol–water partition coefficient (Wildman–Crippen LogP) is 3.71. The number of Topliss-reactive ketones (excluding diaryl/α,β-unsaturated/α-hetero) is 1. The Morgan fingerprint density at radius 3 is 2.61 bits per heavy atom. The fraction of sp³-hybridized carbons (Fsp3) is 0.400. The van der Waals surface area contributed by atoms with Crippen molar-refractivity contribution in [3.63, 3.8) is 0 Å². The zero-order valence-electron chi connectivity index (χ0n) is 19.0. The molecule has 0 spiro atoms. The summed E-state index contributed by atoms with van der Waals surface area (Å²) in [6.45, 7) is 7.50. The third-order valence-electron chi connectivity index (χ3n) is 5.89. The van der Waals surface area contributed by atoms with Gasteiger partial charge in [-0.1, -0.05) is 5.57 Å². The van der Waals surface area contributed by atoms with Crippen molar-refractivity contribution in [3.05, 3.63) is 52.6 Å². The van der Waals surface area contributed by atoms with E-state index in [1.807, 2.05) is 19.9 Å². The highest BCUT2D eigenvalue weighted by Gasteiger charge is 2.44. The molecule has 3 atom stereocenters. The summed E-state index contributed by atoms with van der Waals surface area (Å²) in [4.78, 5) is 12.7. The summed E-state index contributed by atoms with van der Waals surface area (Å²) in [6.07, 6.45) is -1.37. The van der Waals surface area contributed by atoms with Crippen molar-refractivity contribution in [1.82, 2.24) is 0 Å². The Balaban J connectivity index is 1.78. The second-order valence-electron chi connectivity index (χ2n) is 9.20. The molecule has 0 amide bonds. The Bertz CT molecular complexity index is 1130. The van der Waals surface area contributed by atoms with E-state index < -0.39 is 23.9 Å². The molecule has 2 aliphatic heterocycles. The number of allylic oxidation sites excluding steroid dienone is 1. The van der Waals surface area contributed by atoms with Gasteiger partial charge in [-0.3, -0.25) is 4.79 Å². The van der Waals surface area contributed by atoms with E-state index in [-0.39, 0.29) is 41.6 Å². The fourth-order valence-corrected chi connectivity index (χ4v) is 4.05. The lowest BCUT2D eigenvalue weighted by atomic mass is 9.86. The van der Waals surface area contributed by atoms with Gasteiger partial charge in [-0.15, -0.1) is 0 Å². The quantitative estimate of drug-likeness (QED) is 0.513. The minimum atomic E-state index is -1.24.